The molecule has 0 aliphatic carbocycles. The monoisotopic (exact) mass is 287 g/mol. The number of hydrogen-bond donors (Lipinski definition) is 1. The average molecular weight is 287 g/mol. The van der Waals surface area contributed by atoms with Gasteiger partial charge in [0.25, 0.3) is 0 Å². The maximum absolute atomic E-state index is 11.0. The van der Waals surface area contributed by atoms with Crippen molar-refractivity contribution in [3.05, 3.63) is 64.0 Å². The number of hydrogen-bond acceptors (Lipinski definition) is 5. The van der Waals surface area contributed by atoms with Gasteiger partial charge >= 0.3 is 5.69 Å². The lowest BCUT2D eigenvalue weighted by atomic mass is 10.2. The van der Waals surface area contributed by atoms with Crippen LogP contribution in [0.25, 0.3) is 0 Å². The van der Waals surface area contributed by atoms with Crippen LogP contribution in [0.3, 0.4) is 0 Å². The number of nitrogens with one attached hydrogen (secondary N) is 1. The Labute approximate surface area is 122 Å². The normalized spacial score (nSPS) is 10.3. The standard InChI is InChI=1S/C15H17N3O3/c1-16-10-13-4-5-14(18(19)20)15(9-13)21-8-6-12-3-2-7-17-11-12/h2-5,7,9,11,16H,6,8,10H2,1H3. The maximum Gasteiger partial charge on any atom is 0.310 e. The van der Waals surface area contributed by atoms with Crippen molar-refractivity contribution in [1.29, 1.82) is 0 Å². The van der Waals surface area contributed by atoms with Crippen LogP contribution in [-0.2, 0) is 13.0 Å². The Hall–Kier alpha value is -2.47. The summed E-state index contributed by atoms with van der Waals surface area (Å²) in [7, 11) is 1.82. The van der Waals surface area contributed by atoms with E-state index in [-0.39, 0.29) is 5.69 Å². The molecule has 21 heavy (non-hydrogen) atoms. The second-order valence-corrected chi connectivity index (χ2v) is 4.55. The van der Waals surface area contributed by atoms with Gasteiger partial charge in [-0.05, 0) is 30.3 Å². The fourth-order valence-corrected chi connectivity index (χ4v) is 1.96. The zero-order valence-corrected chi connectivity index (χ0v) is 11.8. The van der Waals surface area contributed by atoms with Gasteiger partial charge in [0.1, 0.15) is 0 Å². The van der Waals surface area contributed by atoms with E-state index in [1.165, 1.54) is 6.07 Å². The summed E-state index contributed by atoms with van der Waals surface area (Å²) in [5.41, 5.74) is 1.96. The highest BCUT2D eigenvalue weighted by atomic mass is 16.6. The van der Waals surface area contributed by atoms with E-state index in [4.69, 9.17) is 4.74 Å². The van der Waals surface area contributed by atoms with Gasteiger partial charge in [-0.15, -0.1) is 0 Å². The van der Waals surface area contributed by atoms with Crippen molar-refractivity contribution in [3.8, 4) is 5.75 Å². The Morgan fingerprint density at radius 2 is 2.19 bits per heavy atom. The van der Waals surface area contributed by atoms with Crippen molar-refractivity contribution in [2.75, 3.05) is 13.7 Å². The number of benzene rings is 1. The average Bonchev–Trinajstić information content (AvgIpc) is 2.49. The van der Waals surface area contributed by atoms with Crippen molar-refractivity contribution >= 4 is 5.69 Å². The van der Waals surface area contributed by atoms with Crippen molar-refractivity contribution in [2.45, 2.75) is 13.0 Å². The van der Waals surface area contributed by atoms with Gasteiger partial charge in [-0.25, -0.2) is 0 Å². The predicted octanol–water partition coefficient (Wildman–Crippen LogP) is 2.33. The van der Waals surface area contributed by atoms with Crippen LogP contribution in [0.2, 0.25) is 0 Å². The van der Waals surface area contributed by atoms with Gasteiger partial charge in [0, 0.05) is 31.4 Å². The first-order valence-corrected chi connectivity index (χ1v) is 6.64. The van der Waals surface area contributed by atoms with Crippen LogP contribution in [0.5, 0.6) is 5.75 Å². The molecule has 0 aliphatic heterocycles. The zero-order valence-electron chi connectivity index (χ0n) is 11.8. The summed E-state index contributed by atoms with van der Waals surface area (Å²) < 4.78 is 5.59. The summed E-state index contributed by atoms with van der Waals surface area (Å²) in [6.07, 6.45) is 4.12. The van der Waals surface area contributed by atoms with E-state index < -0.39 is 4.92 Å². The molecule has 0 saturated heterocycles. The van der Waals surface area contributed by atoms with Gasteiger partial charge in [-0.2, -0.15) is 0 Å². The van der Waals surface area contributed by atoms with Gasteiger partial charge in [0.05, 0.1) is 11.5 Å². The van der Waals surface area contributed by atoms with Gasteiger partial charge in [0.15, 0.2) is 5.75 Å². The number of nitrogens with zero attached hydrogens (tertiary/aromatic N) is 2. The molecule has 2 aromatic rings. The lowest BCUT2D eigenvalue weighted by Crippen LogP contribution is -2.07. The first-order chi connectivity index (χ1) is 10.2. The fourth-order valence-electron chi connectivity index (χ4n) is 1.96. The Kier molecular flexibility index (Phi) is 5.22. The largest absolute Gasteiger partial charge is 0.486 e. The highest BCUT2D eigenvalue weighted by molar-refractivity contribution is 5.48. The van der Waals surface area contributed by atoms with Crippen LogP contribution in [0.15, 0.2) is 42.7 Å². The Morgan fingerprint density at radius 3 is 2.86 bits per heavy atom. The van der Waals surface area contributed by atoms with E-state index in [0.29, 0.717) is 25.3 Å². The molecule has 1 aromatic carbocycles. The molecule has 0 saturated carbocycles. The third kappa shape index (κ3) is 4.25. The Morgan fingerprint density at radius 1 is 1.33 bits per heavy atom. The van der Waals surface area contributed by atoms with Crippen LogP contribution in [-0.4, -0.2) is 23.6 Å². The molecular formula is C15H17N3O3. The molecule has 1 N–H and O–H groups in total. The highest BCUT2D eigenvalue weighted by Crippen LogP contribution is 2.28. The first-order valence-electron chi connectivity index (χ1n) is 6.64. The molecule has 2 rings (SSSR count). The van der Waals surface area contributed by atoms with E-state index in [0.717, 1.165) is 11.1 Å². The van der Waals surface area contributed by atoms with Crippen molar-refractivity contribution in [1.82, 2.24) is 10.3 Å². The fraction of sp³-hybridized carbons (Fsp3) is 0.267. The van der Waals surface area contributed by atoms with Crippen molar-refractivity contribution in [2.24, 2.45) is 0 Å². The molecule has 0 radical (unpaired) electrons. The molecular weight excluding hydrogens is 270 g/mol. The van der Waals surface area contributed by atoms with Crippen molar-refractivity contribution < 1.29 is 9.66 Å². The summed E-state index contributed by atoms with van der Waals surface area (Å²) >= 11 is 0. The van der Waals surface area contributed by atoms with Crippen LogP contribution < -0.4 is 10.1 Å². The van der Waals surface area contributed by atoms with E-state index in [2.05, 4.69) is 10.3 Å². The second kappa shape index (κ2) is 7.35. The SMILES string of the molecule is CNCc1ccc([N+](=O)[O-])c(OCCc2cccnc2)c1. The molecule has 110 valence electrons. The number of pyridine rings is 1. The molecule has 1 aromatic heterocycles. The minimum atomic E-state index is -0.428. The van der Waals surface area contributed by atoms with Gasteiger partial charge < -0.3 is 10.1 Å². The molecule has 0 aliphatic rings. The quantitative estimate of drug-likeness (QED) is 0.624. The second-order valence-electron chi connectivity index (χ2n) is 4.55. The molecule has 0 fully saturated rings. The minimum absolute atomic E-state index is 0.0129. The molecule has 0 bridgehead atoms. The van der Waals surface area contributed by atoms with Crippen LogP contribution in [0, 0.1) is 10.1 Å². The van der Waals surface area contributed by atoms with E-state index in [1.807, 2.05) is 19.2 Å². The first kappa shape index (κ1) is 14.9. The summed E-state index contributed by atoms with van der Waals surface area (Å²) in [6.45, 7) is 1.01. The molecule has 0 amide bonds. The highest BCUT2D eigenvalue weighted by Gasteiger charge is 2.15. The Balaban J connectivity index is 2.06. The molecule has 1 heterocycles. The molecule has 0 atom stereocenters. The number of nitro groups is 1. The topological polar surface area (TPSA) is 77.3 Å². The molecule has 0 spiro atoms. The number of ether oxygens (including phenoxy) is 1. The molecule has 0 unspecified atom stereocenters. The summed E-state index contributed by atoms with van der Waals surface area (Å²) in [5.74, 6) is 0.302. The third-order valence-electron chi connectivity index (χ3n) is 2.97. The third-order valence-corrected chi connectivity index (χ3v) is 2.97. The zero-order chi connectivity index (χ0) is 15.1. The van der Waals surface area contributed by atoms with Crippen LogP contribution >= 0.6 is 0 Å². The smallest absolute Gasteiger partial charge is 0.310 e. The number of rotatable bonds is 7. The van der Waals surface area contributed by atoms with Crippen LogP contribution in [0.4, 0.5) is 5.69 Å². The van der Waals surface area contributed by atoms with E-state index in [9.17, 15) is 10.1 Å². The lowest BCUT2D eigenvalue weighted by Gasteiger charge is -2.09. The summed E-state index contributed by atoms with van der Waals surface area (Å²) in [5, 5.41) is 14.0. The maximum atomic E-state index is 11.0. The van der Waals surface area contributed by atoms with Gasteiger partial charge in [-0.1, -0.05) is 12.1 Å². The van der Waals surface area contributed by atoms with Gasteiger partial charge in [0.2, 0.25) is 0 Å². The minimum Gasteiger partial charge on any atom is -0.486 e. The van der Waals surface area contributed by atoms with Crippen LogP contribution in [0.1, 0.15) is 11.1 Å². The molecule has 6 nitrogen and oxygen atoms in total. The predicted molar refractivity (Wildman–Crippen MR) is 79.3 cm³/mol. The Bertz CT molecular complexity index is 602. The summed E-state index contributed by atoms with van der Waals surface area (Å²) in [6, 6.07) is 8.71. The van der Waals surface area contributed by atoms with E-state index >= 15 is 0 Å². The lowest BCUT2D eigenvalue weighted by molar-refractivity contribution is -0.385. The van der Waals surface area contributed by atoms with Gasteiger partial charge in [-0.3, -0.25) is 15.1 Å². The van der Waals surface area contributed by atoms with E-state index in [1.54, 1.807) is 24.5 Å². The summed E-state index contributed by atoms with van der Waals surface area (Å²) in [4.78, 5) is 14.6. The number of aromatic nitrogens is 1. The van der Waals surface area contributed by atoms with Crippen molar-refractivity contribution in [3.63, 3.8) is 0 Å². The molecule has 6 heteroatoms. The number of nitro benzene ring substituents is 1.